The summed E-state index contributed by atoms with van der Waals surface area (Å²) in [6.07, 6.45) is 3.60. The summed E-state index contributed by atoms with van der Waals surface area (Å²) >= 11 is 0. The van der Waals surface area contributed by atoms with Crippen LogP contribution in [0.1, 0.15) is 26.2 Å². The number of H-pyrrole nitrogens is 1. The maximum Gasteiger partial charge on any atom is 0.232 e. The van der Waals surface area contributed by atoms with Gasteiger partial charge in [0.1, 0.15) is 17.2 Å². The Kier molecular flexibility index (Phi) is 5.19. The summed E-state index contributed by atoms with van der Waals surface area (Å²) in [6.45, 7) is 1.65. The van der Waals surface area contributed by atoms with Crippen molar-refractivity contribution in [3.05, 3.63) is 42.1 Å². The number of hydrogen-bond donors (Lipinski definition) is 3. The molecule has 1 amide bonds. The van der Waals surface area contributed by atoms with E-state index in [0.29, 0.717) is 23.0 Å². The molecule has 7 nitrogen and oxygen atoms in total. The molecule has 0 saturated heterocycles. The topological polar surface area (TPSA) is 104 Å². The van der Waals surface area contributed by atoms with Crippen LogP contribution < -0.4 is 10.0 Å². The first-order valence-electron chi connectivity index (χ1n) is 9.56. The predicted molar refractivity (Wildman–Crippen MR) is 110 cm³/mol. The number of carbonyl (C=O) groups excluding carboxylic acids is 1. The number of halogens is 2. The van der Waals surface area contributed by atoms with Gasteiger partial charge in [-0.15, -0.1) is 0 Å². The van der Waals surface area contributed by atoms with Crippen LogP contribution in [0, 0.1) is 17.6 Å². The van der Waals surface area contributed by atoms with Gasteiger partial charge in [-0.2, -0.15) is 0 Å². The molecule has 1 aromatic carbocycles. The van der Waals surface area contributed by atoms with Crippen molar-refractivity contribution in [3.63, 3.8) is 0 Å². The predicted octanol–water partition coefficient (Wildman–Crippen LogP) is 4.01. The van der Waals surface area contributed by atoms with Crippen molar-refractivity contribution in [1.82, 2.24) is 9.97 Å². The van der Waals surface area contributed by atoms with Gasteiger partial charge in [-0.3, -0.25) is 9.52 Å². The fraction of sp³-hybridized carbons (Fsp3) is 0.300. The van der Waals surface area contributed by atoms with E-state index in [-0.39, 0.29) is 29.0 Å². The molecule has 1 fully saturated rings. The molecule has 10 heteroatoms. The summed E-state index contributed by atoms with van der Waals surface area (Å²) in [5.74, 6) is -2.21. The van der Waals surface area contributed by atoms with Crippen LogP contribution in [-0.2, 0) is 14.8 Å². The van der Waals surface area contributed by atoms with Gasteiger partial charge in [0.15, 0.2) is 11.6 Å². The molecular weight excluding hydrogens is 414 g/mol. The lowest BCUT2D eigenvalue weighted by Crippen LogP contribution is -2.18. The summed E-state index contributed by atoms with van der Waals surface area (Å²) in [4.78, 5) is 19.4. The minimum Gasteiger partial charge on any atom is -0.346 e. The number of carbonyl (C=O) groups is 1. The van der Waals surface area contributed by atoms with Gasteiger partial charge in [0.2, 0.25) is 15.9 Å². The fourth-order valence-corrected chi connectivity index (χ4v) is 4.36. The number of fused-ring (bicyclic) bond motifs is 1. The SMILES string of the molecule is CCCS(=O)(=O)Nc1c(F)cc(-c2cc(NC(=O)C3CC3)nc3[nH]ccc23)cc1F. The molecule has 1 aliphatic carbocycles. The van der Waals surface area contributed by atoms with Gasteiger partial charge >= 0.3 is 0 Å². The maximum absolute atomic E-state index is 14.7. The van der Waals surface area contributed by atoms with Crippen molar-refractivity contribution in [2.24, 2.45) is 5.92 Å². The second-order valence-electron chi connectivity index (χ2n) is 7.29. The zero-order valence-corrected chi connectivity index (χ0v) is 16.9. The Balaban J connectivity index is 1.74. The van der Waals surface area contributed by atoms with E-state index in [0.717, 1.165) is 25.0 Å². The second kappa shape index (κ2) is 7.67. The Morgan fingerprint density at radius 3 is 2.57 bits per heavy atom. The minimum atomic E-state index is -3.85. The van der Waals surface area contributed by atoms with Crippen molar-refractivity contribution in [2.75, 3.05) is 15.8 Å². The average Bonchev–Trinajstić information content (AvgIpc) is 3.42. The lowest BCUT2D eigenvalue weighted by Gasteiger charge is -2.13. The van der Waals surface area contributed by atoms with Gasteiger partial charge in [-0.05, 0) is 54.7 Å². The summed E-state index contributed by atoms with van der Waals surface area (Å²) in [7, 11) is -3.85. The number of hydrogen-bond acceptors (Lipinski definition) is 4. The Morgan fingerprint density at radius 1 is 1.23 bits per heavy atom. The van der Waals surface area contributed by atoms with Crippen molar-refractivity contribution >= 4 is 38.5 Å². The number of benzene rings is 1. The van der Waals surface area contributed by atoms with E-state index in [1.165, 1.54) is 0 Å². The number of sulfonamides is 1. The standard InChI is InChI=1S/C20H20F2N4O3S/c1-2-7-30(28,29)26-18-15(21)8-12(9-16(18)22)14-10-17(25-20(27)11-3-4-11)24-19-13(14)5-6-23-19/h5-6,8-11,26H,2-4,7H2,1H3,(H2,23,24,25,27). The van der Waals surface area contributed by atoms with Crippen LogP contribution in [0.15, 0.2) is 30.5 Å². The molecule has 2 heterocycles. The van der Waals surface area contributed by atoms with Crippen molar-refractivity contribution in [2.45, 2.75) is 26.2 Å². The highest BCUT2D eigenvalue weighted by Gasteiger charge is 2.30. The maximum atomic E-state index is 14.7. The van der Waals surface area contributed by atoms with Crippen molar-refractivity contribution in [1.29, 1.82) is 0 Å². The van der Waals surface area contributed by atoms with E-state index in [4.69, 9.17) is 0 Å². The number of nitrogens with one attached hydrogen (secondary N) is 3. The molecule has 0 unspecified atom stereocenters. The van der Waals surface area contributed by atoms with Gasteiger partial charge in [0.25, 0.3) is 0 Å². The molecule has 0 spiro atoms. The quantitative estimate of drug-likeness (QED) is 0.523. The summed E-state index contributed by atoms with van der Waals surface area (Å²) in [6, 6.07) is 5.37. The summed E-state index contributed by atoms with van der Waals surface area (Å²) in [5, 5.41) is 3.34. The van der Waals surface area contributed by atoms with Crippen LogP contribution in [0.5, 0.6) is 0 Å². The highest BCUT2D eigenvalue weighted by molar-refractivity contribution is 7.92. The van der Waals surface area contributed by atoms with E-state index < -0.39 is 27.3 Å². The molecule has 2 aromatic heterocycles. The van der Waals surface area contributed by atoms with Gasteiger partial charge in [0.05, 0.1) is 5.75 Å². The van der Waals surface area contributed by atoms with E-state index in [1.54, 1.807) is 25.3 Å². The third-order valence-electron chi connectivity index (χ3n) is 4.81. The Labute approximate surface area is 172 Å². The van der Waals surface area contributed by atoms with E-state index in [1.807, 2.05) is 4.72 Å². The van der Waals surface area contributed by atoms with Crippen LogP contribution in [0.3, 0.4) is 0 Å². The number of rotatable bonds is 7. The molecule has 4 rings (SSSR count). The van der Waals surface area contributed by atoms with Gasteiger partial charge in [-0.1, -0.05) is 6.92 Å². The number of aromatic nitrogens is 2. The largest absolute Gasteiger partial charge is 0.346 e. The zero-order chi connectivity index (χ0) is 21.5. The molecular formula is C20H20F2N4O3S. The fourth-order valence-electron chi connectivity index (χ4n) is 3.22. The third kappa shape index (κ3) is 4.13. The van der Waals surface area contributed by atoms with Crippen molar-refractivity contribution in [3.8, 4) is 11.1 Å². The normalized spacial score (nSPS) is 14.1. The van der Waals surface area contributed by atoms with E-state index >= 15 is 0 Å². The van der Waals surface area contributed by atoms with Crippen LogP contribution in [0.4, 0.5) is 20.3 Å². The number of aromatic amines is 1. The molecule has 30 heavy (non-hydrogen) atoms. The minimum absolute atomic E-state index is 0.0279. The van der Waals surface area contributed by atoms with Gasteiger partial charge in [0, 0.05) is 17.5 Å². The first kappa shape index (κ1) is 20.3. The van der Waals surface area contributed by atoms with Crippen LogP contribution >= 0.6 is 0 Å². The molecule has 0 aliphatic heterocycles. The Bertz CT molecular complexity index is 1210. The van der Waals surface area contributed by atoms with E-state index in [2.05, 4.69) is 15.3 Å². The first-order chi connectivity index (χ1) is 14.3. The number of amides is 1. The lowest BCUT2D eigenvalue weighted by molar-refractivity contribution is -0.117. The average molecular weight is 434 g/mol. The van der Waals surface area contributed by atoms with E-state index in [9.17, 15) is 22.0 Å². The Morgan fingerprint density at radius 2 is 1.93 bits per heavy atom. The molecule has 1 saturated carbocycles. The zero-order valence-electron chi connectivity index (χ0n) is 16.1. The smallest absolute Gasteiger partial charge is 0.232 e. The molecule has 1 aliphatic rings. The van der Waals surface area contributed by atoms with Crippen molar-refractivity contribution < 1.29 is 22.0 Å². The highest BCUT2D eigenvalue weighted by Crippen LogP contribution is 2.35. The summed E-state index contributed by atoms with van der Waals surface area (Å²) < 4.78 is 55.1. The highest BCUT2D eigenvalue weighted by atomic mass is 32.2. The molecule has 0 atom stereocenters. The van der Waals surface area contributed by atoms with Crippen LogP contribution in [0.25, 0.3) is 22.2 Å². The molecule has 3 aromatic rings. The monoisotopic (exact) mass is 434 g/mol. The number of nitrogens with zero attached hydrogens (tertiary/aromatic N) is 1. The van der Waals surface area contributed by atoms with Gasteiger partial charge < -0.3 is 10.3 Å². The number of pyridine rings is 1. The molecule has 0 radical (unpaired) electrons. The Hall–Kier alpha value is -3.01. The number of anilines is 2. The third-order valence-corrected chi connectivity index (χ3v) is 6.27. The van der Waals surface area contributed by atoms with Crippen LogP contribution in [0.2, 0.25) is 0 Å². The lowest BCUT2D eigenvalue weighted by atomic mass is 10.0. The van der Waals surface area contributed by atoms with Crippen LogP contribution in [-0.4, -0.2) is 30.0 Å². The summed E-state index contributed by atoms with van der Waals surface area (Å²) in [5.41, 5.74) is 0.381. The molecule has 158 valence electrons. The van der Waals surface area contributed by atoms with Gasteiger partial charge in [-0.25, -0.2) is 22.2 Å². The first-order valence-corrected chi connectivity index (χ1v) is 11.2. The molecule has 3 N–H and O–H groups in total. The second-order valence-corrected chi connectivity index (χ2v) is 9.14. The molecule has 0 bridgehead atoms.